The Hall–Kier alpha value is -2.47. The lowest BCUT2D eigenvalue weighted by molar-refractivity contribution is -0.154. The normalized spacial score (nSPS) is 24.3. The molecule has 3 heterocycles. The molecule has 1 aromatic heterocycles. The molecule has 1 aromatic carbocycles. The highest BCUT2D eigenvalue weighted by molar-refractivity contribution is 6.06. The lowest BCUT2D eigenvalue weighted by Gasteiger charge is -2.47. The standard InChI is InChI=1S/C23H27N3O3/c1-25-14-16(27)13-23(22(25)29)8-10-26(11-9-23)21(28)18-12-20(15-6-7-15)24-19-5-3-2-4-17(18)19/h2-5,12,15-16,27H,6-11,13-14H2,1H3. The summed E-state index contributed by atoms with van der Waals surface area (Å²) in [6, 6.07) is 9.83. The number of fused-ring (bicyclic) bond motifs is 1. The lowest BCUT2D eigenvalue weighted by Crippen LogP contribution is -2.56. The number of carbonyl (C=O) groups is 2. The van der Waals surface area contributed by atoms with Crippen molar-refractivity contribution in [2.75, 3.05) is 26.7 Å². The van der Waals surface area contributed by atoms with Crippen molar-refractivity contribution < 1.29 is 14.7 Å². The van der Waals surface area contributed by atoms with Gasteiger partial charge in [0.15, 0.2) is 0 Å². The molecule has 152 valence electrons. The molecule has 2 aliphatic heterocycles. The van der Waals surface area contributed by atoms with Gasteiger partial charge in [0.25, 0.3) is 5.91 Å². The van der Waals surface area contributed by atoms with Crippen molar-refractivity contribution in [2.24, 2.45) is 5.41 Å². The number of piperidine rings is 2. The molecule has 1 N–H and O–H groups in total. The molecule has 6 nitrogen and oxygen atoms in total. The number of aliphatic hydroxyl groups is 1. The zero-order valence-corrected chi connectivity index (χ0v) is 16.8. The number of aromatic nitrogens is 1. The molecule has 5 rings (SSSR count). The Bertz CT molecular complexity index is 976. The van der Waals surface area contributed by atoms with Crippen molar-refractivity contribution in [3.8, 4) is 0 Å². The first-order valence-corrected chi connectivity index (χ1v) is 10.6. The fourth-order valence-corrected chi connectivity index (χ4v) is 5.09. The molecular formula is C23H27N3O3. The summed E-state index contributed by atoms with van der Waals surface area (Å²) >= 11 is 0. The third kappa shape index (κ3) is 3.19. The zero-order chi connectivity index (χ0) is 20.2. The second kappa shape index (κ2) is 6.80. The highest BCUT2D eigenvalue weighted by Gasteiger charge is 2.48. The van der Waals surface area contributed by atoms with E-state index in [0.717, 1.165) is 35.0 Å². The van der Waals surface area contributed by atoms with E-state index < -0.39 is 11.5 Å². The van der Waals surface area contributed by atoms with E-state index in [0.29, 0.717) is 44.8 Å². The number of likely N-dealkylation sites (tertiary alicyclic amines) is 2. The lowest BCUT2D eigenvalue weighted by atomic mass is 9.71. The zero-order valence-electron chi connectivity index (χ0n) is 16.8. The van der Waals surface area contributed by atoms with Crippen molar-refractivity contribution >= 4 is 22.7 Å². The molecule has 1 atom stereocenters. The highest BCUT2D eigenvalue weighted by Crippen LogP contribution is 2.42. The van der Waals surface area contributed by atoms with Crippen molar-refractivity contribution in [3.63, 3.8) is 0 Å². The van der Waals surface area contributed by atoms with E-state index in [1.54, 1.807) is 11.9 Å². The van der Waals surface area contributed by atoms with Gasteiger partial charge in [-0.05, 0) is 44.2 Å². The summed E-state index contributed by atoms with van der Waals surface area (Å²) in [5, 5.41) is 11.1. The van der Waals surface area contributed by atoms with Crippen LogP contribution in [-0.2, 0) is 4.79 Å². The minimum absolute atomic E-state index is 0.0255. The number of para-hydroxylation sites is 1. The van der Waals surface area contributed by atoms with Gasteiger partial charge in [0.1, 0.15) is 0 Å². The maximum absolute atomic E-state index is 13.4. The second-order valence-corrected chi connectivity index (χ2v) is 9.00. The number of carbonyl (C=O) groups excluding carboxylic acids is 2. The average molecular weight is 393 g/mol. The van der Waals surface area contributed by atoms with Crippen LogP contribution in [0.4, 0.5) is 0 Å². The number of rotatable bonds is 2. The predicted octanol–water partition coefficient (Wildman–Crippen LogP) is 2.56. The molecule has 3 fully saturated rings. The Morgan fingerprint density at radius 1 is 1.21 bits per heavy atom. The largest absolute Gasteiger partial charge is 0.391 e. The Balaban J connectivity index is 1.41. The van der Waals surface area contributed by atoms with Crippen molar-refractivity contribution in [2.45, 2.75) is 44.1 Å². The van der Waals surface area contributed by atoms with Crippen molar-refractivity contribution in [1.82, 2.24) is 14.8 Å². The maximum atomic E-state index is 13.4. The van der Waals surface area contributed by atoms with Crippen LogP contribution in [0.2, 0.25) is 0 Å². The molecule has 29 heavy (non-hydrogen) atoms. The van der Waals surface area contributed by atoms with Crippen molar-refractivity contribution in [1.29, 1.82) is 0 Å². The second-order valence-electron chi connectivity index (χ2n) is 9.00. The summed E-state index contributed by atoms with van der Waals surface area (Å²) < 4.78 is 0. The molecule has 6 heteroatoms. The van der Waals surface area contributed by atoms with E-state index >= 15 is 0 Å². The quantitative estimate of drug-likeness (QED) is 0.851. The molecule has 1 spiro atoms. The van der Waals surface area contributed by atoms with E-state index in [1.165, 1.54) is 0 Å². The van der Waals surface area contributed by atoms with Crippen LogP contribution >= 0.6 is 0 Å². The van der Waals surface area contributed by atoms with Crippen LogP contribution in [0, 0.1) is 5.41 Å². The van der Waals surface area contributed by atoms with Gasteiger partial charge in [-0.25, -0.2) is 0 Å². The Labute approximate surface area is 170 Å². The third-order valence-electron chi connectivity index (χ3n) is 6.88. The molecule has 3 aliphatic rings. The maximum Gasteiger partial charge on any atom is 0.254 e. The first-order chi connectivity index (χ1) is 14.0. The SMILES string of the molecule is CN1CC(O)CC2(CCN(C(=O)c3cc(C4CC4)nc4ccccc34)CC2)C1=O. The minimum Gasteiger partial charge on any atom is -0.391 e. The van der Waals surface area contributed by atoms with Gasteiger partial charge in [-0.15, -0.1) is 0 Å². The van der Waals surface area contributed by atoms with Crippen LogP contribution in [0.25, 0.3) is 10.9 Å². The number of aliphatic hydroxyl groups excluding tert-OH is 1. The summed E-state index contributed by atoms with van der Waals surface area (Å²) in [5.74, 6) is 0.616. The third-order valence-corrected chi connectivity index (χ3v) is 6.88. The van der Waals surface area contributed by atoms with Gasteiger partial charge < -0.3 is 14.9 Å². The van der Waals surface area contributed by atoms with E-state index in [-0.39, 0.29) is 11.8 Å². The summed E-state index contributed by atoms with van der Waals surface area (Å²) in [6.07, 6.45) is 3.52. The molecule has 0 bridgehead atoms. The van der Waals surface area contributed by atoms with Crippen LogP contribution in [0.3, 0.4) is 0 Å². The summed E-state index contributed by atoms with van der Waals surface area (Å²) in [5.41, 5.74) is 2.09. The number of hydrogen-bond donors (Lipinski definition) is 1. The fourth-order valence-electron chi connectivity index (χ4n) is 5.09. The topological polar surface area (TPSA) is 73.7 Å². The van der Waals surface area contributed by atoms with Gasteiger partial charge in [0, 0.05) is 43.7 Å². The number of pyridine rings is 1. The first-order valence-electron chi connectivity index (χ1n) is 10.6. The molecule has 2 amide bonds. The summed E-state index contributed by atoms with van der Waals surface area (Å²) in [7, 11) is 1.76. The van der Waals surface area contributed by atoms with E-state index in [9.17, 15) is 14.7 Å². The number of amides is 2. The van der Waals surface area contributed by atoms with Crippen LogP contribution in [0.1, 0.15) is 54.1 Å². The van der Waals surface area contributed by atoms with Gasteiger partial charge >= 0.3 is 0 Å². The number of nitrogens with zero attached hydrogens (tertiary/aromatic N) is 3. The van der Waals surface area contributed by atoms with Gasteiger partial charge in [0.05, 0.1) is 22.6 Å². The van der Waals surface area contributed by atoms with Crippen LogP contribution < -0.4 is 0 Å². The van der Waals surface area contributed by atoms with Crippen LogP contribution in [0.15, 0.2) is 30.3 Å². The molecule has 1 saturated carbocycles. The number of β-amino-alcohol motifs (C(OH)–C–C–N with tert-alkyl or cyclic N) is 1. The van der Waals surface area contributed by atoms with Crippen LogP contribution in [-0.4, -0.2) is 64.5 Å². The number of benzene rings is 1. The number of likely N-dealkylation sites (N-methyl/N-ethyl adjacent to an activating group) is 1. The highest BCUT2D eigenvalue weighted by atomic mass is 16.3. The molecule has 2 aromatic rings. The van der Waals surface area contributed by atoms with Gasteiger partial charge in [0.2, 0.25) is 5.91 Å². The van der Waals surface area contributed by atoms with Crippen LogP contribution in [0.5, 0.6) is 0 Å². The predicted molar refractivity (Wildman–Crippen MR) is 110 cm³/mol. The van der Waals surface area contributed by atoms with E-state index in [2.05, 4.69) is 0 Å². The van der Waals surface area contributed by atoms with E-state index in [4.69, 9.17) is 4.98 Å². The molecule has 0 radical (unpaired) electrons. The fraction of sp³-hybridized carbons (Fsp3) is 0.522. The van der Waals surface area contributed by atoms with Gasteiger partial charge in [-0.1, -0.05) is 18.2 Å². The molecule has 2 saturated heterocycles. The minimum atomic E-state index is -0.525. The smallest absolute Gasteiger partial charge is 0.254 e. The molecular weight excluding hydrogens is 366 g/mol. The van der Waals surface area contributed by atoms with E-state index in [1.807, 2.05) is 35.2 Å². The monoisotopic (exact) mass is 393 g/mol. The molecule has 1 aliphatic carbocycles. The first kappa shape index (κ1) is 18.6. The Kier molecular flexibility index (Phi) is 4.35. The Morgan fingerprint density at radius 3 is 2.66 bits per heavy atom. The summed E-state index contributed by atoms with van der Waals surface area (Å²) in [6.45, 7) is 1.48. The average Bonchev–Trinajstić information content (AvgIpc) is 3.57. The van der Waals surface area contributed by atoms with Gasteiger partial charge in [-0.2, -0.15) is 0 Å². The number of hydrogen-bond acceptors (Lipinski definition) is 4. The Morgan fingerprint density at radius 2 is 1.93 bits per heavy atom. The van der Waals surface area contributed by atoms with Gasteiger partial charge in [-0.3, -0.25) is 14.6 Å². The van der Waals surface area contributed by atoms with Crippen molar-refractivity contribution in [3.05, 3.63) is 41.6 Å². The summed E-state index contributed by atoms with van der Waals surface area (Å²) in [4.78, 5) is 34.5. The molecule has 1 unspecified atom stereocenters.